The Bertz CT molecular complexity index is 389. The highest BCUT2D eigenvalue weighted by Gasteiger charge is 2.18. The molecule has 136 valence electrons. The van der Waals surface area contributed by atoms with Crippen LogP contribution >= 0.6 is 0 Å². The number of carbonyl (C=O) groups is 1. The van der Waals surface area contributed by atoms with Gasteiger partial charge in [0.1, 0.15) is 0 Å². The Morgan fingerprint density at radius 1 is 0.875 bits per heavy atom. The van der Waals surface area contributed by atoms with Crippen LogP contribution in [0.1, 0.15) is 65.2 Å². The van der Waals surface area contributed by atoms with Crippen molar-refractivity contribution < 1.29 is 14.3 Å². The number of hydrogen-bond donors (Lipinski definition) is 0. The van der Waals surface area contributed by atoms with Gasteiger partial charge < -0.3 is 9.47 Å². The molecule has 2 rings (SSSR count). The van der Waals surface area contributed by atoms with E-state index in [1.54, 1.807) is 0 Å². The monoisotopic (exact) mass is 334 g/mol. The summed E-state index contributed by atoms with van der Waals surface area (Å²) in [7, 11) is 0. The van der Waals surface area contributed by atoms with Crippen LogP contribution in [0.2, 0.25) is 0 Å². The van der Waals surface area contributed by atoms with Gasteiger partial charge in [-0.2, -0.15) is 0 Å². The fourth-order valence-corrected chi connectivity index (χ4v) is 3.88. The second kappa shape index (κ2) is 10.6. The third-order valence-electron chi connectivity index (χ3n) is 5.20. The Labute approximate surface area is 147 Å². The topological polar surface area (TPSA) is 35.5 Å². The second-order valence-corrected chi connectivity index (χ2v) is 7.85. The first-order valence-electron chi connectivity index (χ1n) is 9.73. The quantitative estimate of drug-likeness (QED) is 0.409. The summed E-state index contributed by atoms with van der Waals surface area (Å²) in [5.41, 5.74) is 0. The molecule has 0 bridgehead atoms. The highest BCUT2D eigenvalue weighted by Crippen LogP contribution is 2.26. The van der Waals surface area contributed by atoms with E-state index >= 15 is 0 Å². The van der Waals surface area contributed by atoms with Gasteiger partial charge in [0.2, 0.25) is 0 Å². The Hall–Kier alpha value is -1.25. The largest absolute Gasteiger partial charge is 0.508 e. The van der Waals surface area contributed by atoms with Gasteiger partial charge in [0.25, 0.3) is 0 Å². The van der Waals surface area contributed by atoms with E-state index in [-0.39, 0.29) is 0 Å². The van der Waals surface area contributed by atoms with Crippen LogP contribution in [0.3, 0.4) is 0 Å². The zero-order valence-corrected chi connectivity index (χ0v) is 15.4. The molecule has 4 unspecified atom stereocenters. The molecule has 0 saturated heterocycles. The molecule has 0 saturated carbocycles. The van der Waals surface area contributed by atoms with E-state index in [9.17, 15) is 4.79 Å². The van der Waals surface area contributed by atoms with Crippen molar-refractivity contribution in [3.8, 4) is 0 Å². The molecular weight excluding hydrogens is 300 g/mol. The lowest BCUT2D eigenvalue weighted by Crippen LogP contribution is -2.19. The molecule has 3 nitrogen and oxygen atoms in total. The van der Waals surface area contributed by atoms with E-state index in [0.717, 1.165) is 24.7 Å². The molecule has 0 spiro atoms. The molecule has 2 aliphatic carbocycles. The number of rotatable bonds is 8. The molecule has 0 radical (unpaired) electrons. The van der Waals surface area contributed by atoms with Crippen LogP contribution in [0.25, 0.3) is 0 Å². The van der Waals surface area contributed by atoms with Crippen LogP contribution < -0.4 is 0 Å². The number of carbonyl (C=O) groups excluding carboxylic acids is 1. The van der Waals surface area contributed by atoms with E-state index in [1.165, 1.54) is 38.5 Å². The van der Waals surface area contributed by atoms with Crippen molar-refractivity contribution >= 4 is 6.16 Å². The van der Waals surface area contributed by atoms with Crippen molar-refractivity contribution in [2.45, 2.75) is 65.2 Å². The summed E-state index contributed by atoms with van der Waals surface area (Å²) in [6.07, 6.45) is 18.1. The van der Waals surface area contributed by atoms with Gasteiger partial charge in [-0.05, 0) is 75.0 Å². The molecule has 0 amide bonds. The molecule has 4 atom stereocenters. The van der Waals surface area contributed by atoms with Crippen molar-refractivity contribution in [2.75, 3.05) is 13.2 Å². The van der Waals surface area contributed by atoms with Crippen molar-refractivity contribution in [3.05, 3.63) is 24.3 Å². The summed E-state index contributed by atoms with van der Waals surface area (Å²) in [4.78, 5) is 11.8. The van der Waals surface area contributed by atoms with E-state index in [4.69, 9.17) is 9.47 Å². The highest BCUT2D eigenvalue weighted by molar-refractivity contribution is 5.59. The minimum absolute atomic E-state index is 0.403. The number of allylic oxidation sites excluding steroid dienone is 4. The molecule has 0 aromatic heterocycles. The predicted molar refractivity (Wildman–Crippen MR) is 97.8 cm³/mol. The lowest BCUT2D eigenvalue weighted by atomic mass is 9.87. The maximum absolute atomic E-state index is 11.8. The lowest BCUT2D eigenvalue weighted by Gasteiger charge is -2.22. The van der Waals surface area contributed by atoms with Gasteiger partial charge in [0, 0.05) is 0 Å². The predicted octanol–water partition coefficient (Wildman–Crippen LogP) is 5.90. The van der Waals surface area contributed by atoms with E-state index in [1.807, 2.05) is 0 Å². The fraction of sp³-hybridized carbons (Fsp3) is 0.762. The minimum Gasteiger partial charge on any atom is -0.434 e. The van der Waals surface area contributed by atoms with E-state index in [2.05, 4.69) is 38.2 Å². The first kappa shape index (κ1) is 19.1. The summed E-state index contributed by atoms with van der Waals surface area (Å²) in [6.45, 7) is 5.26. The van der Waals surface area contributed by atoms with Gasteiger partial charge in [0.05, 0.1) is 13.2 Å². The average molecular weight is 335 g/mol. The van der Waals surface area contributed by atoms with Crippen LogP contribution in [0.5, 0.6) is 0 Å². The Morgan fingerprint density at radius 3 is 1.71 bits per heavy atom. The Morgan fingerprint density at radius 2 is 1.33 bits per heavy atom. The van der Waals surface area contributed by atoms with E-state index in [0.29, 0.717) is 25.0 Å². The smallest absolute Gasteiger partial charge is 0.434 e. The number of hydrogen-bond acceptors (Lipinski definition) is 3. The molecule has 0 heterocycles. The Balaban J connectivity index is 1.53. The van der Waals surface area contributed by atoms with Gasteiger partial charge in [-0.1, -0.05) is 38.2 Å². The van der Waals surface area contributed by atoms with Crippen LogP contribution in [-0.2, 0) is 9.47 Å². The van der Waals surface area contributed by atoms with Crippen molar-refractivity contribution in [2.24, 2.45) is 23.7 Å². The highest BCUT2D eigenvalue weighted by atomic mass is 16.7. The maximum Gasteiger partial charge on any atom is 0.508 e. The normalized spacial score (nSPS) is 25.9. The van der Waals surface area contributed by atoms with Crippen molar-refractivity contribution in [1.82, 2.24) is 0 Å². The molecule has 0 fully saturated rings. The first-order valence-corrected chi connectivity index (χ1v) is 9.73. The summed E-state index contributed by atoms with van der Waals surface area (Å²) in [5, 5.41) is 0. The third kappa shape index (κ3) is 7.55. The zero-order valence-electron chi connectivity index (χ0n) is 15.4. The summed E-state index contributed by atoms with van der Waals surface area (Å²) >= 11 is 0. The lowest BCUT2D eigenvalue weighted by molar-refractivity contribution is 0.0327. The summed E-state index contributed by atoms with van der Waals surface area (Å²) in [6, 6.07) is 0. The van der Waals surface area contributed by atoms with Crippen LogP contribution in [0.15, 0.2) is 24.3 Å². The summed E-state index contributed by atoms with van der Waals surface area (Å²) in [5.74, 6) is 2.30. The molecular formula is C21H34O3. The van der Waals surface area contributed by atoms with Crippen molar-refractivity contribution in [3.63, 3.8) is 0 Å². The van der Waals surface area contributed by atoms with Crippen LogP contribution in [0, 0.1) is 23.7 Å². The second-order valence-electron chi connectivity index (χ2n) is 7.85. The number of ether oxygens (including phenoxy) is 2. The third-order valence-corrected chi connectivity index (χ3v) is 5.20. The SMILES string of the molecule is CC(COC(=O)OCC(C)CC1CC=CCC1)CC1CC=CCC1. The minimum atomic E-state index is -0.499. The molecule has 0 aromatic rings. The molecule has 3 heteroatoms. The maximum atomic E-state index is 11.8. The van der Waals surface area contributed by atoms with Gasteiger partial charge in [-0.3, -0.25) is 0 Å². The van der Waals surface area contributed by atoms with E-state index < -0.39 is 6.16 Å². The standard InChI is InChI=1S/C21H34O3/c1-17(13-19-9-5-3-6-10-19)15-23-21(22)24-16-18(2)14-20-11-7-4-8-12-20/h3-5,7,17-20H,6,8-16H2,1-2H3. The first-order chi connectivity index (χ1) is 11.6. The molecule has 0 N–H and O–H groups in total. The zero-order chi connectivity index (χ0) is 17.2. The van der Waals surface area contributed by atoms with Crippen LogP contribution in [-0.4, -0.2) is 19.4 Å². The Kier molecular flexibility index (Phi) is 8.41. The molecule has 0 aliphatic heterocycles. The fourth-order valence-electron chi connectivity index (χ4n) is 3.88. The summed E-state index contributed by atoms with van der Waals surface area (Å²) < 4.78 is 10.6. The average Bonchev–Trinajstić information content (AvgIpc) is 2.60. The van der Waals surface area contributed by atoms with Gasteiger partial charge >= 0.3 is 6.16 Å². The molecule has 24 heavy (non-hydrogen) atoms. The van der Waals surface area contributed by atoms with Gasteiger partial charge in [0.15, 0.2) is 0 Å². The van der Waals surface area contributed by atoms with Crippen molar-refractivity contribution in [1.29, 1.82) is 0 Å². The van der Waals surface area contributed by atoms with Gasteiger partial charge in [-0.15, -0.1) is 0 Å². The molecule has 0 aromatic carbocycles. The molecule has 2 aliphatic rings. The van der Waals surface area contributed by atoms with Crippen LogP contribution in [0.4, 0.5) is 4.79 Å². The van der Waals surface area contributed by atoms with Gasteiger partial charge in [-0.25, -0.2) is 4.79 Å².